The topological polar surface area (TPSA) is 103 Å². The van der Waals surface area contributed by atoms with E-state index in [9.17, 15) is 22.8 Å². The summed E-state index contributed by atoms with van der Waals surface area (Å²) in [5, 5.41) is 4.04. The summed E-state index contributed by atoms with van der Waals surface area (Å²) >= 11 is 0. The molecular formula is C23H17F3N6O3. The van der Waals surface area contributed by atoms with Crippen LogP contribution < -0.4 is 9.64 Å². The lowest BCUT2D eigenvalue weighted by molar-refractivity contribution is -0.140. The van der Waals surface area contributed by atoms with Crippen molar-refractivity contribution in [2.45, 2.75) is 13.1 Å². The Morgan fingerprint density at radius 2 is 1.91 bits per heavy atom. The van der Waals surface area contributed by atoms with Gasteiger partial charge in [-0.1, -0.05) is 0 Å². The van der Waals surface area contributed by atoms with Crippen LogP contribution in [0.2, 0.25) is 0 Å². The van der Waals surface area contributed by atoms with E-state index in [4.69, 9.17) is 4.74 Å². The molecule has 35 heavy (non-hydrogen) atoms. The number of nitrogens with zero attached hydrogens (tertiary/aromatic N) is 6. The fraction of sp³-hybridized carbons (Fsp3) is 0.217. The number of hydrogen-bond acceptors (Lipinski definition) is 7. The highest BCUT2D eigenvalue weighted by Crippen LogP contribution is 2.32. The molecule has 0 bridgehead atoms. The Labute approximate surface area is 196 Å². The van der Waals surface area contributed by atoms with Crippen molar-refractivity contribution < 1.29 is 27.5 Å². The number of hydrogen-bond donors (Lipinski definition) is 0. The zero-order valence-corrected chi connectivity index (χ0v) is 18.5. The van der Waals surface area contributed by atoms with Gasteiger partial charge < -0.3 is 9.64 Å². The molecule has 1 aliphatic rings. The molecular weight excluding hydrogens is 465 g/mol. The highest BCUT2D eigenvalue weighted by Gasteiger charge is 2.33. The van der Waals surface area contributed by atoms with Crippen molar-refractivity contribution in [1.29, 1.82) is 0 Å². The molecule has 0 unspecified atom stereocenters. The van der Waals surface area contributed by atoms with E-state index in [2.05, 4.69) is 20.1 Å². The second kappa shape index (κ2) is 8.15. The third-order valence-corrected chi connectivity index (χ3v) is 5.62. The van der Waals surface area contributed by atoms with E-state index >= 15 is 0 Å². The molecule has 0 atom stereocenters. The monoisotopic (exact) mass is 482 g/mol. The van der Waals surface area contributed by atoms with Crippen LogP contribution in [0.5, 0.6) is 5.75 Å². The number of carbonyl (C=O) groups is 2. The number of rotatable bonds is 3. The predicted octanol–water partition coefficient (Wildman–Crippen LogP) is 3.60. The summed E-state index contributed by atoms with van der Waals surface area (Å²) in [5.41, 5.74) is 1.54. The van der Waals surface area contributed by atoms with Crippen molar-refractivity contribution in [3.8, 4) is 17.1 Å². The Balaban J connectivity index is 1.48. The van der Waals surface area contributed by atoms with Crippen LogP contribution in [0.15, 0.2) is 36.5 Å². The van der Waals surface area contributed by atoms with Crippen molar-refractivity contribution in [2.24, 2.45) is 7.05 Å². The molecule has 0 spiro atoms. The minimum atomic E-state index is -4.55. The van der Waals surface area contributed by atoms with Gasteiger partial charge in [0.2, 0.25) is 0 Å². The number of pyridine rings is 1. The van der Waals surface area contributed by atoms with E-state index in [1.165, 1.54) is 16.9 Å². The van der Waals surface area contributed by atoms with Gasteiger partial charge in [0.1, 0.15) is 17.8 Å². The molecule has 178 valence electrons. The number of anilines is 1. The number of ether oxygens (including phenoxy) is 1. The summed E-state index contributed by atoms with van der Waals surface area (Å²) < 4.78 is 45.7. The zero-order valence-electron chi connectivity index (χ0n) is 18.5. The molecule has 0 saturated carbocycles. The number of carbonyl (C=O) groups excluding carboxylic acids is 2. The number of fused-ring (bicyclic) bond motifs is 2. The highest BCUT2D eigenvalue weighted by atomic mass is 19.4. The smallest absolute Gasteiger partial charge is 0.433 e. The van der Waals surface area contributed by atoms with Crippen molar-refractivity contribution in [2.75, 3.05) is 18.1 Å². The Hall–Kier alpha value is -4.35. The van der Waals surface area contributed by atoms with Crippen molar-refractivity contribution >= 4 is 28.9 Å². The molecule has 1 aromatic carbocycles. The van der Waals surface area contributed by atoms with E-state index in [1.54, 1.807) is 30.1 Å². The second-order valence-electron chi connectivity index (χ2n) is 7.90. The highest BCUT2D eigenvalue weighted by molar-refractivity contribution is 6.08. The van der Waals surface area contributed by atoms with Crippen molar-refractivity contribution in [3.05, 3.63) is 59.2 Å². The molecule has 0 saturated heterocycles. The molecule has 1 aliphatic heterocycles. The Kier molecular flexibility index (Phi) is 5.23. The van der Waals surface area contributed by atoms with Gasteiger partial charge in [-0.05, 0) is 42.8 Å². The Morgan fingerprint density at radius 3 is 2.63 bits per heavy atom. The number of aromatic nitrogens is 5. The average Bonchev–Trinajstić information content (AvgIpc) is 3.05. The maximum atomic E-state index is 13.3. The van der Waals surface area contributed by atoms with E-state index in [0.717, 1.165) is 11.6 Å². The first-order chi connectivity index (χ1) is 16.7. The number of benzene rings is 1. The molecule has 5 rings (SSSR count). The van der Waals surface area contributed by atoms with Gasteiger partial charge in [0, 0.05) is 18.3 Å². The number of aldehydes is 1. The van der Waals surface area contributed by atoms with Gasteiger partial charge >= 0.3 is 6.18 Å². The molecule has 1 amide bonds. The molecule has 4 heterocycles. The SMILES string of the molecule is Cc1cc(-c2ncc3nc(C(F)(F)F)ccc3n2)ccc1N1CCOc2c(C=O)nn(C)c2C1=O. The molecule has 3 aromatic heterocycles. The minimum Gasteiger partial charge on any atom is -0.487 e. The van der Waals surface area contributed by atoms with E-state index in [0.29, 0.717) is 23.4 Å². The van der Waals surface area contributed by atoms with Crippen LogP contribution in [0.4, 0.5) is 18.9 Å². The standard InChI is InChI=1S/C23H17F3N6O3/c1-12-9-13(21-27-10-15-14(29-21)4-6-18(28-15)23(24,25)26)3-5-17(12)32-7-8-35-20-16(11-33)30-31(2)19(20)22(32)34/h3-6,9-11H,7-8H2,1-2H3. The van der Waals surface area contributed by atoms with Crippen molar-refractivity contribution in [1.82, 2.24) is 24.7 Å². The number of halogens is 3. The van der Waals surface area contributed by atoms with Gasteiger partial charge in [0.15, 0.2) is 29.2 Å². The lowest BCUT2D eigenvalue weighted by atomic mass is 10.1. The molecule has 0 N–H and O–H groups in total. The molecule has 0 aliphatic carbocycles. The Bertz CT molecular complexity index is 1500. The summed E-state index contributed by atoms with van der Waals surface area (Å²) in [5.74, 6) is 0.116. The van der Waals surface area contributed by atoms with E-state index in [1.807, 2.05) is 6.92 Å². The first kappa shape index (κ1) is 22.4. The second-order valence-corrected chi connectivity index (χ2v) is 7.90. The third kappa shape index (κ3) is 3.86. The van der Waals surface area contributed by atoms with E-state index in [-0.39, 0.29) is 47.2 Å². The summed E-state index contributed by atoms with van der Waals surface area (Å²) in [4.78, 5) is 38.2. The fourth-order valence-electron chi connectivity index (χ4n) is 4.00. The van der Waals surface area contributed by atoms with Crippen LogP contribution >= 0.6 is 0 Å². The summed E-state index contributed by atoms with van der Waals surface area (Å²) in [6.07, 6.45) is -2.76. The van der Waals surface area contributed by atoms with Gasteiger partial charge in [-0.3, -0.25) is 14.3 Å². The van der Waals surface area contributed by atoms with E-state index < -0.39 is 11.9 Å². The number of aryl methyl sites for hydroxylation is 2. The van der Waals surface area contributed by atoms with Gasteiger partial charge in [0.05, 0.1) is 18.3 Å². The zero-order chi connectivity index (χ0) is 24.9. The van der Waals surface area contributed by atoms with Crippen LogP contribution in [0.1, 0.15) is 32.2 Å². The normalized spacial score (nSPS) is 14.0. The molecule has 0 fully saturated rings. The van der Waals surface area contributed by atoms with Crippen LogP contribution in [-0.4, -0.2) is 50.1 Å². The maximum Gasteiger partial charge on any atom is 0.433 e. The minimum absolute atomic E-state index is 0.0359. The first-order valence-electron chi connectivity index (χ1n) is 10.5. The number of amides is 1. The summed E-state index contributed by atoms with van der Waals surface area (Å²) in [6, 6.07) is 7.38. The molecule has 9 nitrogen and oxygen atoms in total. The lowest BCUT2D eigenvalue weighted by Gasteiger charge is -2.22. The van der Waals surface area contributed by atoms with Crippen LogP contribution in [-0.2, 0) is 13.2 Å². The predicted molar refractivity (Wildman–Crippen MR) is 118 cm³/mol. The molecule has 0 radical (unpaired) electrons. The van der Waals surface area contributed by atoms with Gasteiger partial charge in [0.25, 0.3) is 5.91 Å². The quantitative estimate of drug-likeness (QED) is 0.411. The van der Waals surface area contributed by atoms with Crippen molar-refractivity contribution in [3.63, 3.8) is 0 Å². The lowest BCUT2D eigenvalue weighted by Crippen LogP contribution is -2.34. The fourth-order valence-corrected chi connectivity index (χ4v) is 4.00. The van der Waals surface area contributed by atoms with Gasteiger partial charge in [-0.15, -0.1) is 0 Å². The molecule has 4 aromatic rings. The average molecular weight is 482 g/mol. The van der Waals surface area contributed by atoms with Crippen LogP contribution in [0.3, 0.4) is 0 Å². The summed E-state index contributed by atoms with van der Waals surface area (Å²) in [7, 11) is 1.57. The van der Waals surface area contributed by atoms with Crippen LogP contribution in [0.25, 0.3) is 22.4 Å². The van der Waals surface area contributed by atoms with Gasteiger partial charge in [-0.25, -0.2) is 15.0 Å². The first-order valence-corrected chi connectivity index (χ1v) is 10.5. The summed E-state index contributed by atoms with van der Waals surface area (Å²) in [6.45, 7) is 2.25. The maximum absolute atomic E-state index is 13.3. The van der Waals surface area contributed by atoms with Gasteiger partial charge in [-0.2, -0.15) is 18.3 Å². The van der Waals surface area contributed by atoms with Crippen LogP contribution in [0, 0.1) is 6.92 Å². The Morgan fingerprint density at radius 1 is 1.11 bits per heavy atom. The number of alkyl halides is 3. The molecule has 12 heteroatoms. The third-order valence-electron chi connectivity index (χ3n) is 5.62. The largest absolute Gasteiger partial charge is 0.487 e.